The predicted molar refractivity (Wildman–Crippen MR) is 134 cm³/mol. The Bertz CT molecular complexity index is 1510. The number of benzene rings is 3. The number of amides is 1. The van der Waals surface area contributed by atoms with E-state index in [9.17, 15) is 14.0 Å². The number of hydrogen-bond donors (Lipinski definition) is 0. The molecule has 182 valence electrons. The van der Waals surface area contributed by atoms with Crippen LogP contribution < -0.4 is 14.9 Å². The topological polar surface area (TPSA) is 69.0 Å². The van der Waals surface area contributed by atoms with Gasteiger partial charge in [0, 0.05) is 6.54 Å². The highest BCUT2D eigenvalue weighted by Gasteiger charge is 2.42. The first-order chi connectivity index (χ1) is 17.5. The summed E-state index contributed by atoms with van der Waals surface area (Å²) in [5.74, 6) is -0.00564. The van der Waals surface area contributed by atoms with Crippen molar-refractivity contribution in [2.24, 2.45) is 0 Å². The van der Waals surface area contributed by atoms with Gasteiger partial charge in [0.2, 0.25) is 5.76 Å². The van der Waals surface area contributed by atoms with E-state index in [2.05, 4.69) is 6.58 Å². The molecule has 1 amide bonds. The first-order valence-corrected chi connectivity index (χ1v) is 11.5. The molecule has 2 heterocycles. The Kier molecular flexibility index (Phi) is 6.29. The van der Waals surface area contributed by atoms with E-state index in [-0.39, 0.29) is 28.2 Å². The minimum atomic E-state index is -0.734. The third kappa shape index (κ3) is 4.13. The lowest BCUT2D eigenvalue weighted by Gasteiger charge is -2.26. The molecule has 0 aliphatic carbocycles. The second-order valence-corrected chi connectivity index (χ2v) is 8.46. The monoisotopic (exact) mass is 485 g/mol. The molecular weight excluding hydrogens is 461 g/mol. The first kappa shape index (κ1) is 23.4. The van der Waals surface area contributed by atoms with E-state index in [4.69, 9.17) is 13.9 Å². The maximum absolute atomic E-state index is 14.0. The molecule has 1 aliphatic heterocycles. The molecule has 36 heavy (non-hydrogen) atoms. The molecule has 0 bridgehead atoms. The molecule has 0 fully saturated rings. The van der Waals surface area contributed by atoms with Crippen LogP contribution in [0, 0.1) is 5.82 Å². The van der Waals surface area contributed by atoms with Crippen molar-refractivity contribution >= 4 is 16.9 Å². The molecule has 1 atom stereocenters. The van der Waals surface area contributed by atoms with Crippen molar-refractivity contribution in [2.45, 2.75) is 12.5 Å². The number of hydrogen-bond acceptors (Lipinski definition) is 5. The molecule has 6 nitrogen and oxygen atoms in total. The van der Waals surface area contributed by atoms with Crippen LogP contribution in [0.25, 0.3) is 11.0 Å². The summed E-state index contributed by atoms with van der Waals surface area (Å²) < 4.78 is 31.1. The van der Waals surface area contributed by atoms with Gasteiger partial charge in [-0.3, -0.25) is 9.59 Å². The van der Waals surface area contributed by atoms with Crippen molar-refractivity contribution in [1.29, 1.82) is 0 Å². The van der Waals surface area contributed by atoms with Gasteiger partial charge in [0.1, 0.15) is 18.0 Å². The van der Waals surface area contributed by atoms with Crippen molar-refractivity contribution in [3.63, 3.8) is 0 Å². The van der Waals surface area contributed by atoms with E-state index in [0.29, 0.717) is 36.6 Å². The maximum atomic E-state index is 14.0. The van der Waals surface area contributed by atoms with Crippen LogP contribution in [0.15, 0.2) is 88.6 Å². The van der Waals surface area contributed by atoms with E-state index in [0.717, 1.165) is 11.6 Å². The summed E-state index contributed by atoms with van der Waals surface area (Å²) in [7, 11) is 1.52. The molecule has 0 N–H and O–H groups in total. The van der Waals surface area contributed by atoms with Crippen LogP contribution in [0.4, 0.5) is 4.39 Å². The first-order valence-electron chi connectivity index (χ1n) is 11.5. The summed E-state index contributed by atoms with van der Waals surface area (Å²) in [6.45, 7) is 4.30. The van der Waals surface area contributed by atoms with Gasteiger partial charge in [0.05, 0.1) is 24.1 Å². The van der Waals surface area contributed by atoms with Gasteiger partial charge < -0.3 is 18.8 Å². The SMILES string of the molecule is C=CCOc1ccc([C@@H]2c3c(oc4ccc(F)cc4c3=O)C(=O)N2CCc2ccccc2)cc1OC. The Morgan fingerprint density at radius 2 is 1.86 bits per heavy atom. The average Bonchev–Trinajstić information content (AvgIpc) is 3.18. The number of carbonyl (C=O) groups excluding carboxylic acids is 1. The highest BCUT2D eigenvalue weighted by atomic mass is 19.1. The number of rotatable bonds is 8. The summed E-state index contributed by atoms with van der Waals surface area (Å²) in [5.41, 5.74) is 1.63. The zero-order chi connectivity index (χ0) is 25.2. The normalized spacial score (nSPS) is 14.7. The minimum Gasteiger partial charge on any atom is -0.493 e. The van der Waals surface area contributed by atoms with Crippen molar-refractivity contribution in [3.05, 3.63) is 118 Å². The molecule has 0 saturated carbocycles. The second-order valence-electron chi connectivity index (χ2n) is 8.46. The van der Waals surface area contributed by atoms with E-state index in [1.165, 1.54) is 19.2 Å². The van der Waals surface area contributed by atoms with Crippen LogP contribution in [0.1, 0.15) is 33.3 Å². The quantitative estimate of drug-likeness (QED) is 0.317. The molecule has 1 aromatic heterocycles. The Morgan fingerprint density at radius 1 is 1.06 bits per heavy atom. The van der Waals surface area contributed by atoms with Gasteiger partial charge in [-0.15, -0.1) is 0 Å². The standard InChI is InChI=1S/C29H24FNO5/c1-3-15-35-23-11-9-19(16-24(23)34-2)26-25-27(32)21-17-20(30)10-12-22(21)36-28(25)29(33)31(26)14-13-18-7-5-4-6-8-18/h3-12,16-17,26H,1,13-15H2,2H3/t26-/m1/s1. The third-order valence-electron chi connectivity index (χ3n) is 6.27. The smallest absolute Gasteiger partial charge is 0.290 e. The molecule has 5 rings (SSSR count). The van der Waals surface area contributed by atoms with Crippen LogP contribution in [0.3, 0.4) is 0 Å². The lowest BCUT2D eigenvalue weighted by Crippen LogP contribution is -2.31. The van der Waals surface area contributed by atoms with Gasteiger partial charge in [-0.2, -0.15) is 0 Å². The Labute approximate surface area is 207 Å². The summed E-state index contributed by atoms with van der Waals surface area (Å²) in [5, 5.41) is 0.0920. The Hall–Kier alpha value is -4.39. The predicted octanol–water partition coefficient (Wildman–Crippen LogP) is 5.29. The Morgan fingerprint density at radius 3 is 2.61 bits per heavy atom. The van der Waals surface area contributed by atoms with Crippen molar-refractivity contribution < 1.29 is 23.1 Å². The van der Waals surface area contributed by atoms with Crippen LogP contribution >= 0.6 is 0 Å². The number of ether oxygens (including phenoxy) is 2. The fourth-order valence-electron chi connectivity index (χ4n) is 4.59. The maximum Gasteiger partial charge on any atom is 0.290 e. The summed E-state index contributed by atoms with van der Waals surface area (Å²) in [6.07, 6.45) is 2.21. The zero-order valence-electron chi connectivity index (χ0n) is 19.7. The Balaban J connectivity index is 1.65. The number of methoxy groups -OCH3 is 1. The summed E-state index contributed by atoms with van der Waals surface area (Å²) in [4.78, 5) is 28.8. The van der Waals surface area contributed by atoms with Crippen molar-refractivity contribution in [3.8, 4) is 11.5 Å². The van der Waals surface area contributed by atoms with Gasteiger partial charge in [-0.05, 0) is 47.9 Å². The van der Waals surface area contributed by atoms with Gasteiger partial charge >= 0.3 is 0 Å². The molecule has 1 aliphatic rings. The average molecular weight is 486 g/mol. The van der Waals surface area contributed by atoms with E-state index in [1.54, 1.807) is 29.2 Å². The fraction of sp³-hybridized carbons (Fsp3) is 0.172. The number of carbonyl (C=O) groups is 1. The van der Waals surface area contributed by atoms with Gasteiger partial charge in [0.25, 0.3) is 5.91 Å². The van der Waals surface area contributed by atoms with Crippen molar-refractivity contribution in [1.82, 2.24) is 4.90 Å². The highest BCUT2D eigenvalue weighted by molar-refractivity contribution is 5.99. The molecule has 0 unspecified atom stereocenters. The van der Waals surface area contributed by atoms with Crippen LogP contribution in [-0.2, 0) is 6.42 Å². The number of nitrogens with zero attached hydrogens (tertiary/aromatic N) is 1. The van der Waals surface area contributed by atoms with Crippen molar-refractivity contribution in [2.75, 3.05) is 20.3 Å². The fourth-order valence-corrected chi connectivity index (χ4v) is 4.59. The van der Waals surface area contributed by atoms with Gasteiger partial charge in [-0.1, -0.05) is 49.1 Å². The lowest BCUT2D eigenvalue weighted by atomic mass is 9.97. The molecular formula is C29H24FNO5. The van der Waals surface area contributed by atoms with E-state index >= 15 is 0 Å². The summed E-state index contributed by atoms with van der Waals surface area (Å²) >= 11 is 0. The molecule has 4 aromatic rings. The molecule has 0 radical (unpaired) electrons. The molecule has 0 spiro atoms. The van der Waals surface area contributed by atoms with Crippen LogP contribution in [0.5, 0.6) is 11.5 Å². The van der Waals surface area contributed by atoms with Crippen LogP contribution in [-0.4, -0.2) is 31.1 Å². The van der Waals surface area contributed by atoms with E-state index in [1.807, 2.05) is 30.3 Å². The minimum absolute atomic E-state index is 0.0249. The molecule has 3 aromatic carbocycles. The largest absolute Gasteiger partial charge is 0.493 e. The number of halogens is 1. The number of fused-ring (bicyclic) bond motifs is 2. The lowest BCUT2D eigenvalue weighted by molar-refractivity contribution is 0.0730. The molecule has 0 saturated heterocycles. The molecule has 7 heteroatoms. The zero-order valence-corrected chi connectivity index (χ0v) is 19.7. The van der Waals surface area contributed by atoms with Gasteiger partial charge in [-0.25, -0.2) is 4.39 Å². The van der Waals surface area contributed by atoms with Gasteiger partial charge in [0.15, 0.2) is 16.9 Å². The summed E-state index contributed by atoms with van der Waals surface area (Å²) in [6, 6.07) is 18.0. The third-order valence-corrected chi connectivity index (χ3v) is 6.27. The van der Waals surface area contributed by atoms with E-state index < -0.39 is 17.3 Å². The second kappa shape index (κ2) is 9.70. The highest BCUT2D eigenvalue weighted by Crippen LogP contribution is 2.41. The van der Waals surface area contributed by atoms with Crippen LogP contribution in [0.2, 0.25) is 0 Å².